The van der Waals surface area contributed by atoms with Crippen molar-refractivity contribution in [1.82, 2.24) is 5.43 Å². The number of hydrogen-bond acceptors (Lipinski definition) is 2. The van der Waals surface area contributed by atoms with Gasteiger partial charge in [-0.3, -0.25) is 15.0 Å². The van der Waals surface area contributed by atoms with Crippen LogP contribution in [0.25, 0.3) is 0 Å². The maximum atomic E-state index is 11.7. The summed E-state index contributed by atoms with van der Waals surface area (Å²) in [5.41, 5.74) is 4.27. The molecule has 4 nitrogen and oxygen atoms in total. The van der Waals surface area contributed by atoms with Crippen molar-refractivity contribution in [2.45, 2.75) is 19.8 Å². The number of hydrogen-bond donors (Lipinski definition) is 1. The average Bonchev–Trinajstić information content (AvgIpc) is 2.54. The van der Waals surface area contributed by atoms with E-state index in [1.165, 1.54) is 5.01 Å². The Morgan fingerprint density at radius 2 is 2.31 bits per heavy atom. The summed E-state index contributed by atoms with van der Waals surface area (Å²) in [6, 6.07) is 5.56. The van der Waals surface area contributed by atoms with Gasteiger partial charge in [-0.05, 0) is 23.8 Å². The number of rotatable bonds is 2. The number of hydrazine groups is 1. The Morgan fingerprint density at radius 3 is 3.00 bits per heavy atom. The third-order valence-electron chi connectivity index (χ3n) is 2.43. The largest absolute Gasteiger partial charge is 0.273 e. The fraction of sp³-hybridized carbons (Fsp3) is 0.273. The summed E-state index contributed by atoms with van der Waals surface area (Å²) in [5, 5.41) is 1.33. The lowest BCUT2D eigenvalue weighted by atomic mass is 10.2. The Labute approximate surface area is 102 Å². The van der Waals surface area contributed by atoms with Crippen LogP contribution >= 0.6 is 15.9 Å². The molecule has 0 atom stereocenters. The minimum absolute atomic E-state index is 0.102. The highest BCUT2D eigenvalue weighted by Crippen LogP contribution is 2.29. The molecule has 0 radical (unpaired) electrons. The second kappa shape index (κ2) is 4.25. The van der Waals surface area contributed by atoms with Crippen LogP contribution in [0.3, 0.4) is 0 Å². The van der Waals surface area contributed by atoms with Crippen molar-refractivity contribution in [2.75, 3.05) is 5.01 Å². The van der Waals surface area contributed by atoms with E-state index in [9.17, 15) is 9.59 Å². The monoisotopic (exact) mass is 282 g/mol. The van der Waals surface area contributed by atoms with Gasteiger partial charge >= 0.3 is 0 Å². The van der Waals surface area contributed by atoms with Crippen molar-refractivity contribution in [2.24, 2.45) is 0 Å². The fourth-order valence-corrected chi connectivity index (χ4v) is 2.02. The van der Waals surface area contributed by atoms with Crippen LogP contribution in [0, 0.1) is 0 Å². The molecule has 0 fully saturated rings. The zero-order chi connectivity index (χ0) is 11.7. The SMILES string of the molecule is CCC(=O)NN1C(=O)Cc2cc(Br)ccc21. The highest BCUT2D eigenvalue weighted by atomic mass is 79.9. The van der Waals surface area contributed by atoms with E-state index in [-0.39, 0.29) is 11.8 Å². The van der Waals surface area contributed by atoms with Crippen LogP contribution in [0.15, 0.2) is 22.7 Å². The van der Waals surface area contributed by atoms with E-state index < -0.39 is 0 Å². The molecule has 0 bridgehead atoms. The number of nitrogens with zero attached hydrogens (tertiary/aromatic N) is 1. The Morgan fingerprint density at radius 1 is 1.56 bits per heavy atom. The predicted octanol–water partition coefficient (Wildman–Crippen LogP) is 1.78. The molecule has 0 aromatic heterocycles. The molecule has 0 unspecified atom stereocenters. The summed E-state index contributed by atoms with van der Waals surface area (Å²) >= 11 is 3.35. The molecule has 2 rings (SSSR count). The van der Waals surface area contributed by atoms with Gasteiger partial charge in [-0.15, -0.1) is 0 Å². The van der Waals surface area contributed by atoms with Crippen molar-refractivity contribution in [3.63, 3.8) is 0 Å². The second-order valence-electron chi connectivity index (χ2n) is 3.57. The van der Waals surface area contributed by atoms with E-state index in [4.69, 9.17) is 0 Å². The topological polar surface area (TPSA) is 49.4 Å². The summed E-state index contributed by atoms with van der Waals surface area (Å²) in [5.74, 6) is -0.265. The van der Waals surface area contributed by atoms with Crippen LogP contribution < -0.4 is 10.4 Å². The van der Waals surface area contributed by atoms with Gasteiger partial charge in [-0.2, -0.15) is 0 Å². The van der Waals surface area contributed by atoms with Gasteiger partial charge in [-0.1, -0.05) is 22.9 Å². The summed E-state index contributed by atoms with van der Waals surface area (Å²) in [6.07, 6.45) is 0.689. The van der Waals surface area contributed by atoms with Crippen molar-refractivity contribution in [3.8, 4) is 0 Å². The van der Waals surface area contributed by atoms with E-state index in [0.717, 1.165) is 15.7 Å². The van der Waals surface area contributed by atoms with Gasteiger partial charge in [0.1, 0.15) is 0 Å². The van der Waals surface area contributed by atoms with Gasteiger partial charge in [0, 0.05) is 10.9 Å². The number of carbonyl (C=O) groups is 2. The number of amides is 2. The van der Waals surface area contributed by atoms with Crippen LogP contribution in [0.2, 0.25) is 0 Å². The molecule has 0 saturated carbocycles. The van der Waals surface area contributed by atoms with Crippen molar-refractivity contribution < 1.29 is 9.59 Å². The third-order valence-corrected chi connectivity index (χ3v) is 2.92. The number of carbonyl (C=O) groups excluding carboxylic acids is 2. The molecule has 16 heavy (non-hydrogen) atoms. The first kappa shape index (κ1) is 11.1. The van der Waals surface area contributed by atoms with Gasteiger partial charge in [0.2, 0.25) is 11.8 Å². The van der Waals surface area contributed by atoms with Crippen LogP contribution in [0.4, 0.5) is 5.69 Å². The fourth-order valence-electron chi connectivity index (χ4n) is 1.62. The zero-order valence-corrected chi connectivity index (χ0v) is 10.4. The molecule has 1 heterocycles. The molecule has 2 amide bonds. The van der Waals surface area contributed by atoms with Crippen LogP contribution in [-0.4, -0.2) is 11.8 Å². The molecule has 0 aliphatic carbocycles. The highest BCUT2D eigenvalue weighted by molar-refractivity contribution is 9.10. The van der Waals surface area contributed by atoms with Gasteiger partial charge in [0.05, 0.1) is 12.1 Å². The number of fused-ring (bicyclic) bond motifs is 1. The summed E-state index contributed by atoms with van der Waals surface area (Å²) < 4.78 is 0.933. The zero-order valence-electron chi connectivity index (χ0n) is 8.79. The molecule has 1 aliphatic heterocycles. The van der Waals surface area contributed by atoms with E-state index in [2.05, 4.69) is 21.4 Å². The van der Waals surface area contributed by atoms with E-state index >= 15 is 0 Å². The molecular weight excluding hydrogens is 272 g/mol. The van der Waals surface area contributed by atoms with E-state index in [1.54, 1.807) is 6.92 Å². The minimum atomic E-state index is -0.163. The average molecular weight is 283 g/mol. The predicted molar refractivity (Wildman–Crippen MR) is 63.8 cm³/mol. The summed E-state index contributed by atoms with van der Waals surface area (Å²) in [4.78, 5) is 23.0. The lowest BCUT2D eigenvalue weighted by Crippen LogP contribution is -2.44. The smallest absolute Gasteiger partial charge is 0.250 e. The van der Waals surface area contributed by atoms with Gasteiger partial charge in [-0.25, -0.2) is 5.01 Å². The number of anilines is 1. The summed E-state index contributed by atoms with van der Waals surface area (Å²) in [6.45, 7) is 1.75. The lowest BCUT2D eigenvalue weighted by molar-refractivity contribution is -0.125. The van der Waals surface area contributed by atoms with E-state index in [0.29, 0.717) is 12.8 Å². The number of halogens is 1. The number of nitrogens with one attached hydrogen (secondary N) is 1. The molecular formula is C11H11BrN2O2. The molecule has 1 aromatic rings. The Balaban J connectivity index is 2.29. The highest BCUT2D eigenvalue weighted by Gasteiger charge is 2.28. The molecule has 5 heteroatoms. The maximum absolute atomic E-state index is 11.7. The third kappa shape index (κ3) is 1.95. The molecule has 1 aliphatic rings. The molecule has 1 aromatic carbocycles. The molecule has 0 spiro atoms. The quantitative estimate of drug-likeness (QED) is 0.899. The van der Waals surface area contributed by atoms with Crippen LogP contribution in [-0.2, 0) is 16.0 Å². The van der Waals surface area contributed by atoms with Crippen molar-refractivity contribution in [1.29, 1.82) is 0 Å². The normalized spacial score (nSPS) is 13.9. The van der Waals surface area contributed by atoms with Gasteiger partial charge in [0.25, 0.3) is 0 Å². The van der Waals surface area contributed by atoms with Crippen molar-refractivity contribution in [3.05, 3.63) is 28.2 Å². The second-order valence-corrected chi connectivity index (χ2v) is 4.48. The Bertz CT molecular complexity index is 459. The van der Waals surface area contributed by atoms with E-state index in [1.807, 2.05) is 18.2 Å². The van der Waals surface area contributed by atoms with Crippen molar-refractivity contribution >= 4 is 33.4 Å². The van der Waals surface area contributed by atoms with Crippen LogP contribution in [0.5, 0.6) is 0 Å². The minimum Gasteiger partial charge on any atom is -0.273 e. The first-order chi connectivity index (χ1) is 7.61. The van der Waals surface area contributed by atoms with Gasteiger partial charge < -0.3 is 0 Å². The molecule has 84 valence electrons. The Hall–Kier alpha value is -1.36. The number of benzene rings is 1. The van der Waals surface area contributed by atoms with Gasteiger partial charge in [0.15, 0.2) is 0 Å². The standard InChI is InChI=1S/C11H11BrN2O2/c1-2-10(15)13-14-9-4-3-8(12)5-7(9)6-11(14)16/h3-5H,2,6H2,1H3,(H,13,15). The Kier molecular flexibility index (Phi) is 2.96. The maximum Gasteiger partial charge on any atom is 0.250 e. The lowest BCUT2D eigenvalue weighted by Gasteiger charge is -2.17. The summed E-state index contributed by atoms with van der Waals surface area (Å²) in [7, 11) is 0. The molecule has 0 saturated heterocycles. The first-order valence-corrected chi connectivity index (χ1v) is 5.82. The van der Waals surface area contributed by atoms with Crippen LogP contribution in [0.1, 0.15) is 18.9 Å². The molecule has 1 N–H and O–H groups in total. The first-order valence-electron chi connectivity index (χ1n) is 5.02.